The van der Waals surface area contributed by atoms with Crippen molar-refractivity contribution in [1.29, 1.82) is 0 Å². The predicted molar refractivity (Wildman–Crippen MR) is 57.6 cm³/mol. The minimum absolute atomic E-state index is 0.125. The fourth-order valence-corrected chi connectivity index (χ4v) is 2.11. The van der Waals surface area contributed by atoms with Gasteiger partial charge in [0.05, 0.1) is 6.61 Å². The lowest BCUT2D eigenvalue weighted by Gasteiger charge is -2.35. The average Bonchev–Trinajstić information content (AvgIpc) is 2.32. The summed E-state index contributed by atoms with van der Waals surface area (Å²) >= 11 is 0. The molecule has 0 bridgehead atoms. The Hall–Kier alpha value is -1.14. The minimum Gasteiger partial charge on any atom is -0.479 e. The highest BCUT2D eigenvalue weighted by Gasteiger charge is 2.54. The number of hydrogen-bond acceptors (Lipinski definition) is 5. The third-order valence-corrected chi connectivity index (χ3v) is 3.01. The Morgan fingerprint density at radius 2 is 2.00 bits per heavy atom. The smallest absolute Gasteiger partial charge is 0.350 e. The van der Waals surface area contributed by atoms with Gasteiger partial charge in [0.15, 0.2) is 0 Å². The minimum atomic E-state index is -1.90. The molecule has 0 aromatic rings. The van der Waals surface area contributed by atoms with Gasteiger partial charge in [-0.3, -0.25) is 0 Å². The van der Waals surface area contributed by atoms with E-state index in [0.29, 0.717) is 26.1 Å². The first-order valence-electron chi connectivity index (χ1n) is 5.63. The van der Waals surface area contributed by atoms with Crippen molar-refractivity contribution in [3.05, 3.63) is 0 Å². The van der Waals surface area contributed by atoms with Gasteiger partial charge >= 0.3 is 11.9 Å². The number of carbonyl (C=O) groups is 2. The summed E-state index contributed by atoms with van der Waals surface area (Å²) in [6, 6.07) is 0. The molecule has 1 atom stereocenters. The van der Waals surface area contributed by atoms with Crippen LogP contribution < -0.4 is 0 Å². The van der Waals surface area contributed by atoms with E-state index in [2.05, 4.69) is 0 Å². The molecule has 0 saturated carbocycles. The molecule has 0 amide bonds. The number of carboxylic acid groups (broad SMARTS) is 1. The maximum atomic E-state index is 11.9. The first-order chi connectivity index (χ1) is 8.09. The molecule has 1 aliphatic rings. The monoisotopic (exact) mass is 246 g/mol. The first-order valence-corrected chi connectivity index (χ1v) is 5.63. The SMILES string of the molecule is CCOC(=O)C(OC)(C(=O)O)C1CCOCC1. The van der Waals surface area contributed by atoms with E-state index in [9.17, 15) is 14.7 Å². The zero-order valence-electron chi connectivity index (χ0n) is 10.1. The standard InChI is InChI=1S/C11H18O6/c1-3-17-10(14)11(15-2,9(12)13)8-4-6-16-7-5-8/h8H,3-7H2,1-2H3,(H,12,13). The van der Waals surface area contributed by atoms with E-state index in [1.807, 2.05) is 0 Å². The third kappa shape index (κ3) is 2.58. The van der Waals surface area contributed by atoms with Crippen molar-refractivity contribution in [1.82, 2.24) is 0 Å². The Balaban J connectivity index is 2.98. The second-order valence-corrected chi connectivity index (χ2v) is 3.85. The van der Waals surface area contributed by atoms with Crippen molar-refractivity contribution in [3.63, 3.8) is 0 Å². The maximum absolute atomic E-state index is 11.9. The van der Waals surface area contributed by atoms with E-state index in [0.717, 1.165) is 0 Å². The van der Waals surface area contributed by atoms with Crippen LogP contribution in [0.5, 0.6) is 0 Å². The van der Waals surface area contributed by atoms with Crippen LogP contribution in [0.2, 0.25) is 0 Å². The molecule has 0 spiro atoms. The Bertz CT molecular complexity index is 284. The summed E-state index contributed by atoms with van der Waals surface area (Å²) in [5.74, 6) is -2.55. The average molecular weight is 246 g/mol. The molecule has 0 aromatic carbocycles. The van der Waals surface area contributed by atoms with E-state index in [1.54, 1.807) is 6.92 Å². The van der Waals surface area contributed by atoms with Crippen LogP contribution in [0.3, 0.4) is 0 Å². The number of ether oxygens (including phenoxy) is 3. The highest BCUT2D eigenvalue weighted by molar-refractivity contribution is 6.03. The fourth-order valence-electron chi connectivity index (χ4n) is 2.11. The van der Waals surface area contributed by atoms with Crippen LogP contribution in [0.15, 0.2) is 0 Å². The van der Waals surface area contributed by atoms with Crippen LogP contribution in [-0.4, -0.2) is 49.6 Å². The molecule has 1 rings (SSSR count). The largest absolute Gasteiger partial charge is 0.479 e. The molecular formula is C11H18O6. The maximum Gasteiger partial charge on any atom is 0.350 e. The van der Waals surface area contributed by atoms with E-state index in [1.165, 1.54) is 7.11 Å². The number of esters is 1. The molecular weight excluding hydrogens is 228 g/mol. The van der Waals surface area contributed by atoms with Crippen LogP contribution in [0.1, 0.15) is 19.8 Å². The first kappa shape index (κ1) is 13.9. The molecule has 0 aliphatic carbocycles. The van der Waals surface area contributed by atoms with Gasteiger partial charge in [0.25, 0.3) is 5.60 Å². The summed E-state index contributed by atoms with van der Waals surface area (Å²) in [6.07, 6.45) is 0.942. The molecule has 1 N–H and O–H groups in total. The topological polar surface area (TPSA) is 82.1 Å². The number of aliphatic carboxylic acids is 1. The molecule has 1 heterocycles. The normalized spacial score (nSPS) is 20.6. The highest BCUT2D eigenvalue weighted by Crippen LogP contribution is 2.32. The van der Waals surface area contributed by atoms with Gasteiger partial charge in [-0.2, -0.15) is 0 Å². The third-order valence-electron chi connectivity index (χ3n) is 3.01. The van der Waals surface area contributed by atoms with Crippen LogP contribution in [0.25, 0.3) is 0 Å². The van der Waals surface area contributed by atoms with Gasteiger partial charge in [-0.25, -0.2) is 9.59 Å². The molecule has 0 radical (unpaired) electrons. The number of methoxy groups -OCH3 is 1. The zero-order chi connectivity index (χ0) is 12.9. The number of hydrogen-bond donors (Lipinski definition) is 1. The van der Waals surface area contributed by atoms with Crippen molar-refractivity contribution < 1.29 is 28.9 Å². The Labute approximate surface area is 99.8 Å². The Morgan fingerprint density at radius 3 is 2.41 bits per heavy atom. The van der Waals surface area contributed by atoms with Crippen molar-refractivity contribution in [2.45, 2.75) is 25.4 Å². The molecule has 17 heavy (non-hydrogen) atoms. The van der Waals surface area contributed by atoms with Gasteiger partial charge in [-0.05, 0) is 19.8 Å². The number of carbonyl (C=O) groups excluding carboxylic acids is 1. The summed E-state index contributed by atoms with van der Waals surface area (Å²) in [6.45, 7) is 2.62. The lowest BCUT2D eigenvalue weighted by atomic mass is 9.81. The van der Waals surface area contributed by atoms with Gasteiger partial charge in [0.1, 0.15) is 0 Å². The van der Waals surface area contributed by atoms with Crippen LogP contribution in [-0.2, 0) is 23.8 Å². The van der Waals surface area contributed by atoms with Gasteiger partial charge in [0, 0.05) is 26.2 Å². The second-order valence-electron chi connectivity index (χ2n) is 3.85. The highest BCUT2D eigenvalue weighted by atomic mass is 16.6. The Kier molecular flexibility index (Phi) is 4.89. The molecule has 1 aliphatic heterocycles. The van der Waals surface area contributed by atoms with Gasteiger partial charge in [-0.15, -0.1) is 0 Å². The molecule has 6 heteroatoms. The molecule has 0 aromatic heterocycles. The molecule has 6 nitrogen and oxygen atoms in total. The second kappa shape index (κ2) is 5.97. The van der Waals surface area contributed by atoms with Crippen LogP contribution in [0, 0.1) is 5.92 Å². The summed E-state index contributed by atoms with van der Waals surface area (Å²) in [5.41, 5.74) is -1.90. The quantitative estimate of drug-likeness (QED) is 0.560. The Morgan fingerprint density at radius 1 is 1.41 bits per heavy atom. The lowest BCUT2D eigenvalue weighted by molar-refractivity contribution is -0.195. The summed E-state index contributed by atoms with van der Waals surface area (Å²) in [7, 11) is 1.22. The predicted octanol–water partition coefficient (Wildman–Crippen LogP) is 0.446. The molecule has 98 valence electrons. The van der Waals surface area contributed by atoms with Gasteiger partial charge < -0.3 is 19.3 Å². The van der Waals surface area contributed by atoms with E-state index < -0.39 is 23.5 Å². The van der Waals surface area contributed by atoms with E-state index in [4.69, 9.17) is 14.2 Å². The van der Waals surface area contributed by atoms with Crippen molar-refractivity contribution >= 4 is 11.9 Å². The summed E-state index contributed by atoms with van der Waals surface area (Å²) < 4.78 is 15.0. The molecule has 1 unspecified atom stereocenters. The summed E-state index contributed by atoms with van der Waals surface area (Å²) in [5, 5.41) is 9.31. The van der Waals surface area contributed by atoms with E-state index >= 15 is 0 Å². The number of carboxylic acids is 1. The lowest BCUT2D eigenvalue weighted by Crippen LogP contribution is -2.56. The fraction of sp³-hybridized carbons (Fsp3) is 0.818. The van der Waals surface area contributed by atoms with Crippen LogP contribution >= 0.6 is 0 Å². The van der Waals surface area contributed by atoms with Crippen molar-refractivity contribution in [3.8, 4) is 0 Å². The number of rotatable bonds is 5. The summed E-state index contributed by atoms with van der Waals surface area (Å²) in [4.78, 5) is 23.3. The zero-order valence-corrected chi connectivity index (χ0v) is 10.1. The van der Waals surface area contributed by atoms with Crippen LogP contribution in [0.4, 0.5) is 0 Å². The van der Waals surface area contributed by atoms with E-state index in [-0.39, 0.29) is 6.61 Å². The van der Waals surface area contributed by atoms with Gasteiger partial charge in [-0.1, -0.05) is 0 Å². The van der Waals surface area contributed by atoms with Crippen molar-refractivity contribution in [2.75, 3.05) is 26.9 Å². The van der Waals surface area contributed by atoms with Crippen molar-refractivity contribution in [2.24, 2.45) is 5.92 Å². The molecule has 1 fully saturated rings. The van der Waals surface area contributed by atoms with Gasteiger partial charge in [0.2, 0.25) is 0 Å². The molecule has 1 saturated heterocycles.